The minimum atomic E-state index is -0.350. The van der Waals surface area contributed by atoms with E-state index in [-0.39, 0.29) is 6.04 Å². The van der Waals surface area contributed by atoms with E-state index in [2.05, 4.69) is 17.0 Å². The van der Waals surface area contributed by atoms with Gasteiger partial charge in [-0.2, -0.15) is 4.91 Å². The molecule has 86 valence electrons. The third kappa shape index (κ3) is 1.80. The molecule has 0 saturated heterocycles. The number of hydrogen-bond acceptors (Lipinski definition) is 2. The van der Waals surface area contributed by atoms with Gasteiger partial charge in [0, 0.05) is 17.5 Å². The van der Waals surface area contributed by atoms with Crippen molar-refractivity contribution in [2.45, 2.75) is 12.5 Å². The number of hydrogen-bond donors (Lipinski definition) is 0. The molecule has 0 radical (unpaired) electrons. The molecule has 2 nitrogen and oxygen atoms in total. The van der Waals surface area contributed by atoms with E-state index in [1.807, 2.05) is 48.5 Å². The fourth-order valence-corrected chi connectivity index (χ4v) is 2.27. The topological polar surface area (TPSA) is 29.4 Å². The number of rotatable bonds is 1. The molecule has 0 saturated carbocycles. The Kier molecular flexibility index (Phi) is 2.66. The lowest BCUT2D eigenvalue weighted by molar-refractivity contribution is 0.714. The third-order valence-corrected chi connectivity index (χ3v) is 3.21. The molecule has 0 amide bonds. The SMILES string of the molecule is O=NC1Cc2ccccc2C#Cc2ccccc21. The molecular formula is C16H11NO. The highest BCUT2D eigenvalue weighted by Crippen LogP contribution is 2.27. The second-order valence-electron chi connectivity index (χ2n) is 4.32. The Labute approximate surface area is 106 Å². The van der Waals surface area contributed by atoms with Crippen LogP contribution in [0.1, 0.15) is 28.3 Å². The van der Waals surface area contributed by atoms with Crippen molar-refractivity contribution in [3.05, 3.63) is 75.7 Å². The molecule has 0 heterocycles. The summed E-state index contributed by atoms with van der Waals surface area (Å²) in [4.78, 5) is 11.1. The summed E-state index contributed by atoms with van der Waals surface area (Å²) >= 11 is 0. The average molecular weight is 233 g/mol. The van der Waals surface area contributed by atoms with Crippen LogP contribution in [0.15, 0.2) is 53.7 Å². The van der Waals surface area contributed by atoms with Crippen LogP contribution < -0.4 is 0 Å². The van der Waals surface area contributed by atoms with Crippen molar-refractivity contribution >= 4 is 0 Å². The first-order valence-electron chi connectivity index (χ1n) is 5.90. The Hall–Kier alpha value is -2.40. The predicted molar refractivity (Wildman–Crippen MR) is 71.1 cm³/mol. The van der Waals surface area contributed by atoms with Crippen LogP contribution in [0, 0.1) is 16.7 Å². The highest BCUT2D eigenvalue weighted by atomic mass is 16.3. The molecule has 0 fully saturated rings. The zero-order valence-electron chi connectivity index (χ0n) is 9.76. The summed E-state index contributed by atoms with van der Waals surface area (Å²) in [6.45, 7) is 0. The summed E-state index contributed by atoms with van der Waals surface area (Å²) in [6, 6.07) is 15.3. The van der Waals surface area contributed by atoms with E-state index in [0.717, 1.165) is 22.3 Å². The van der Waals surface area contributed by atoms with Gasteiger partial charge in [0.05, 0.1) is 0 Å². The Morgan fingerprint density at radius 1 is 0.944 bits per heavy atom. The van der Waals surface area contributed by atoms with Crippen LogP contribution in [0.4, 0.5) is 0 Å². The van der Waals surface area contributed by atoms with Gasteiger partial charge in [0.2, 0.25) is 0 Å². The lowest BCUT2D eigenvalue weighted by atomic mass is 9.91. The van der Waals surface area contributed by atoms with Crippen LogP contribution in [-0.2, 0) is 6.42 Å². The van der Waals surface area contributed by atoms with E-state index in [1.165, 1.54) is 0 Å². The highest BCUT2D eigenvalue weighted by Gasteiger charge is 2.18. The lowest BCUT2D eigenvalue weighted by Crippen LogP contribution is -2.05. The Morgan fingerprint density at radius 2 is 1.61 bits per heavy atom. The quantitative estimate of drug-likeness (QED) is 0.548. The lowest BCUT2D eigenvalue weighted by Gasteiger charge is -2.14. The number of nitroso groups, excluding NO2 is 1. The first-order chi connectivity index (χ1) is 8.88. The standard InChI is InChI=1S/C16H11NO/c18-17-16-11-14-7-2-1-5-12(14)9-10-13-6-3-4-8-15(13)16/h1-8,16H,11H2. The van der Waals surface area contributed by atoms with Gasteiger partial charge < -0.3 is 0 Å². The predicted octanol–water partition coefficient (Wildman–Crippen LogP) is 3.45. The van der Waals surface area contributed by atoms with E-state index in [0.29, 0.717) is 6.42 Å². The van der Waals surface area contributed by atoms with Gasteiger partial charge in [-0.25, -0.2) is 0 Å². The second kappa shape index (κ2) is 4.46. The molecule has 0 N–H and O–H groups in total. The van der Waals surface area contributed by atoms with E-state index >= 15 is 0 Å². The number of fused-ring (bicyclic) bond motifs is 2. The zero-order chi connectivity index (χ0) is 12.4. The second-order valence-corrected chi connectivity index (χ2v) is 4.32. The van der Waals surface area contributed by atoms with Crippen molar-refractivity contribution in [3.63, 3.8) is 0 Å². The molecule has 2 aromatic rings. The average Bonchev–Trinajstić information content (AvgIpc) is 2.41. The van der Waals surface area contributed by atoms with E-state index in [1.54, 1.807) is 0 Å². The maximum absolute atomic E-state index is 11.1. The maximum atomic E-state index is 11.1. The molecule has 1 atom stereocenters. The van der Waals surface area contributed by atoms with Gasteiger partial charge in [0.1, 0.15) is 6.04 Å². The molecule has 3 rings (SSSR count). The van der Waals surface area contributed by atoms with Crippen molar-refractivity contribution < 1.29 is 0 Å². The summed E-state index contributed by atoms with van der Waals surface area (Å²) < 4.78 is 0. The summed E-state index contributed by atoms with van der Waals surface area (Å²) in [5, 5.41) is 3.27. The summed E-state index contributed by atoms with van der Waals surface area (Å²) in [5.41, 5.74) is 3.90. The van der Waals surface area contributed by atoms with Crippen molar-refractivity contribution in [2.24, 2.45) is 5.18 Å². The number of benzene rings is 2. The molecule has 1 aliphatic carbocycles. The van der Waals surface area contributed by atoms with Gasteiger partial charge in [-0.05, 0) is 23.3 Å². The Balaban J connectivity index is 2.22. The third-order valence-electron chi connectivity index (χ3n) is 3.21. The normalized spacial score (nSPS) is 16.3. The molecule has 1 unspecified atom stereocenters. The van der Waals surface area contributed by atoms with Gasteiger partial charge in [-0.1, -0.05) is 53.4 Å². The minimum absolute atomic E-state index is 0.350. The summed E-state index contributed by atoms with van der Waals surface area (Å²) in [6.07, 6.45) is 0.616. The summed E-state index contributed by atoms with van der Waals surface area (Å²) in [5.74, 6) is 6.31. The molecule has 0 spiro atoms. The van der Waals surface area contributed by atoms with Crippen LogP contribution in [0.3, 0.4) is 0 Å². The molecule has 1 aliphatic rings. The highest BCUT2D eigenvalue weighted by molar-refractivity contribution is 5.52. The Bertz CT molecular complexity index is 664. The van der Waals surface area contributed by atoms with Crippen molar-refractivity contribution in [2.75, 3.05) is 0 Å². The first-order valence-corrected chi connectivity index (χ1v) is 5.90. The molecule has 0 aliphatic heterocycles. The Morgan fingerprint density at radius 3 is 2.44 bits per heavy atom. The number of nitrogens with zero attached hydrogens (tertiary/aromatic N) is 1. The van der Waals surface area contributed by atoms with Crippen LogP contribution in [0.25, 0.3) is 0 Å². The van der Waals surface area contributed by atoms with Gasteiger partial charge in [-0.3, -0.25) is 0 Å². The smallest absolute Gasteiger partial charge is 0.122 e. The van der Waals surface area contributed by atoms with E-state index < -0.39 is 0 Å². The molecule has 0 bridgehead atoms. The fraction of sp³-hybridized carbons (Fsp3) is 0.125. The van der Waals surface area contributed by atoms with Gasteiger partial charge in [-0.15, -0.1) is 0 Å². The van der Waals surface area contributed by atoms with Gasteiger partial charge in [0.25, 0.3) is 0 Å². The van der Waals surface area contributed by atoms with Crippen molar-refractivity contribution in [1.29, 1.82) is 0 Å². The van der Waals surface area contributed by atoms with Crippen LogP contribution in [0.2, 0.25) is 0 Å². The summed E-state index contributed by atoms with van der Waals surface area (Å²) in [7, 11) is 0. The van der Waals surface area contributed by atoms with Crippen LogP contribution >= 0.6 is 0 Å². The monoisotopic (exact) mass is 233 g/mol. The fourth-order valence-electron chi connectivity index (χ4n) is 2.27. The molecule has 2 aromatic carbocycles. The van der Waals surface area contributed by atoms with Crippen molar-refractivity contribution in [3.8, 4) is 11.8 Å². The van der Waals surface area contributed by atoms with Gasteiger partial charge in [0.15, 0.2) is 0 Å². The van der Waals surface area contributed by atoms with Crippen molar-refractivity contribution in [1.82, 2.24) is 0 Å². The van der Waals surface area contributed by atoms with E-state index in [4.69, 9.17) is 0 Å². The van der Waals surface area contributed by atoms with Crippen LogP contribution in [-0.4, -0.2) is 0 Å². The molecule has 0 aromatic heterocycles. The zero-order valence-corrected chi connectivity index (χ0v) is 9.76. The molecule has 18 heavy (non-hydrogen) atoms. The molecular weight excluding hydrogens is 222 g/mol. The maximum Gasteiger partial charge on any atom is 0.122 e. The largest absolute Gasteiger partial charge is 0.150 e. The first kappa shape index (κ1) is 10.7. The van der Waals surface area contributed by atoms with Crippen LogP contribution in [0.5, 0.6) is 0 Å². The van der Waals surface area contributed by atoms with Gasteiger partial charge >= 0.3 is 0 Å². The minimum Gasteiger partial charge on any atom is -0.150 e. The molecule has 2 heteroatoms. The van der Waals surface area contributed by atoms with E-state index in [9.17, 15) is 4.91 Å².